The lowest BCUT2D eigenvalue weighted by Crippen LogP contribution is -2.37. The maximum absolute atomic E-state index is 12.2. The van der Waals surface area contributed by atoms with E-state index in [0.717, 1.165) is 4.90 Å². The van der Waals surface area contributed by atoms with Crippen LogP contribution < -0.4 is 4.90 Å². The Kier molecular flexibility index (Phi) is 4.64. The van der Waals surface area contributed by atoms with Gasteiger partial charge in [-0.2, -0.15) is 18.3 Å². The van der Waals surface area contributed by atoms with E-state index in [-0.39, 0.29) is 24.7 Å². The Morgan fingerprint density at radius 2 is 1.88 bits per heavy atom. The van der Waals surface area contributed by atoms with E-state index in [0.29, 0.717) is 0 Å². The first kappa shape index (κ1) is 13.7. The molecule has 0 aliphatic carbocycles. The Morgan fingerprint density at radius 3 is 2.29 bits per heavy atom. The number of alkyl halides is 3. The Labute approximate surface area is 95.5 Å². The molecular weight excluding hydrogens is 239 g/mol. The van der Waals surface area contributed by atoms with Crippen molar-refractivity contribution in [1.82, 2.24) is 10.2 Å². The van der Waals surface area contributed by atoms with Gasteiger partial charge in [0.1, 0.15) is 6.54 Å². The van der Waals surface area contributed by atoms with Crippen molar-refractivity contribution in [2.45, 2.75) is 12.8 Å². The Balaban J connectivity index is 2.81. The van der Waals surface area contributed by atoms with Crippen molar-refractivity contribution >= 4 is 5.82 Å². The predicted molar refractivity (Wildman–Crippen MR) is 53.3 cm³/mol. The molecule has 1 heterocycles. The standard InChI is InChI=1S/C9H12F3N3O2/c10-9(11,12)6-15(3-4-16)8-2-1-7(5-17)13-14-8/h1-2,16-17H,3-6H2. The number of nitrogens with zero attached hydrogens (tertiary/aromatic N) is 3. The first-order valence-corrected chi connectivity index (χ1v) is 4.82. The van der Waals surface area contributed by atoms with E-state index in [1.807, 2.05) is 0 Å². The molecule has 0 amide bonds. The second kappa shape index (κ2) is 5.78. The van der Waals surface area contributed by atoms with Crippen LogP contribution in [-0.2, 0) is 6.61 Å². The third kappa shape index (κ3) is 4.53. The summed E-state index contributed by atoms with van der Waals surface area (Å²) >= 11 is 0. The Morgan fingerprint density at radius 1 is 1.18 bits per heavy atom. The summed E-state index contributed by atoms with van der Waals surface area (Å²) in [5.74, 6) is 0.00794. The highest BCUT2D eigenvalue weighted by atomic mass is 19.4. The average Bonchev–Trinajstić information content (AvgIpc) is 2.27. The maximum Gasteiger partial charge on any atom is 0.405 e. The summed E-state index contributed by atoms with van der Waals surface area (Å²) in [5.41, 5.74) is 0.268. The first-order valence-electron chi connectivity index (χ1n) is 4.82. The van der Waals surface area contributed by atoms with Crippen LogP contribution in [0.2, 0.25) is 0 Å². The lowest BCUT2D eigenvalue weighted by Gasteiger charge is -2.23. The quantitative estimate of drug-likeness (QED) is 0.789. The molecule has 0 saturated carbocycles. The average molecular weight is 251 g/mol. The third-order valence-electron chi connectivity index (χ3n) is 1.93. The molecule has 0 atom stereocenters. The van der Waals surface area contributed by atoms with Crippen LogP contribution in [-0.4, -0.2) is 46.3 Å². The summed E-state index contributed by atoms with van der Waals surface area (Å²) in [4.78, 5) is 0.869. The second-order valence-electron chi connectivity index (χ2n) is 3.30. The number of aliphatic hydroxyl groups is 2. The molecule has 0 aromatic carbocycles. The summed E-state index contributed by atoms with van der Waals surface area (Å²) in [5, 5.41) is 24.5. The number of aliphatic hydroxyl groups excluding tert-OH is 2. The van der Waals surface area contributed by atoms with Crippen LogP contribution in [0, 0.1) is 0 Å². The minimum atomic E-state index is -4.38. The van der Waals surface area contributed by atoms with Crippen LogP contribution in [0.1, 0.15) is 5.69 Å². The summed E-state index contributed by atoms with van der Waals surface area (Å²) in [6.07, 6.45) is -4.38. The van der Waals surface area contributed by atoms with Crippen molar-refractivity contribution in [1.29, 1.82) is 0 Å². The van der Waals surface area contributed by atoms with Gasteiger partial charge in [0.05, 0.1) is 18.9 Å². The monoisotopic (exact) mass is 251 g/mol. The van der Waals surface area contributed by atoms with Crippen LogP contribution in [0.25, 0.3) is 0 Å². The summed E-state index contributed by atoms with van der Waals surface area (Å²) in [6, 6.07) is 2.70. The van der Waals surface area contributed by atoms with E-state index >= 15 is 0 Å². The maximum atomic E-state index is 12.2. The van der Waals surface area contributed by atoms with E-state index in [2.05, 4.69) is 10.2 Å². The molecule has 0 spiro atoms. The van der Waals surface area contributed by atoms with Crippen molar-refractivity contribution in [3.05, 3.63) is 17.8 Å². The molecule has 96 valence electrons. The van der Waals surface area contributed by atoms with Crippen LogP contribution >= 0.6 is 0 Å². The van der Waals surface area contributed by atoms with E-state index in [4.69, 9.17) is 10.2 Å². The molecule has 0 fully saturated rings. The molecule has 2 N–H and O–H groups in total. The number of rotatable bonds is 5. The van der Waals surface area contributed by atoms with Gasteiger partial charge in [-0.05, 0) is 12.1 Å². The minimum Gasteiger partial charge on any atom is -0.395 e. The Hall–Kier alpha value is -1.41. The van der Waals surface area contributed by atoms with Gasteiger partial charge in [0.15, 0.2) is 5.82 Å². The van der Waals surface area contributed by atoms with Gasteiger partial charge < -0.3 is 15.1 Å². The first-order chi connectivity index (χ1) is 7.96. The van der Waals surface area contributed by atoms with Crippen molar-refractivity contribution in [2.24, 2.45) is 0 Å². The van der Waals surface area contributed by atoms with Crippen molar-refractivity contribution in [2.75, 3.05) is 24.6 Å². The van der Waals surface area contributed by atoms with Crippen LogP contribution in [0.4, 0.5) is 19.0 Å². The highest BCUT2D eigenvalue weighted by Crippen LogP contribution is 2.20. The molecule has 1 aromatic heterocycles. The highest BCUT2D eigenvalue weighted by Gasteiger charge is 2.31. The molecule has 17 heavy (non-hydrogen) atoms. The van der Waals surface area contributed by atoms with Crippen LogP contribution in [0.15, 0.2) is 12.1 Å². The molecule has 5 nitrogen and oxygen atoms in total. The molecule has 0 saturated heterocycles. The van der Waals surface area contributed by atoms with Gasteiger partial charge in [0.25, 0.3) is 0 Å². The molecule has 1 rings (SSSR count). The molecule has 1 aromatic rings. The van der Waals surface area contributed by atoms with Gasteiger partial charge >= 0.3 is 6.18 Å². The highest BCUT2D eigenvalue weighted by molar-refractivity contribution is 5.37. The fraction of sp³-hybridized carbons (Fsp3) is 0.556. The van der Waals surface area contributed by atoms with Gasteiger partial charge in [0.2, 0.25) is 0 Å². The fourth-order valence-corrected chi connectivity index (χ4v) is 1.22. The zero-order valence-corrected chi connectivity index (χ0v) is 8.85. The largest absolute Gasteiger partial charge is 0.405 e. The summed E-state index contributed by atoms with van der Waals surface area (Å²) < 4.78 is 36.7. The zero-order valence-electron chi connectivity index (χ0n) is 8.85. The normalized spacial score (nSPS) is 11.6. The molecule has 0 aliphatic rings. The number of halogens is 3. The third-order valence-corrected chi connectivity index (χ3v) is 1.93. The van der Waals surface area contributed by atoms with Crippen molar-refractivity contribution < 1.29 is 23.4 Å². The molecule has 0 bridgehead atoms. The predicted octanol–water partition coefficient (Wildman–Crippen LogP) is 0.330. The number of aromatic nitrogens is 2. The van der Waals surface area contributed by atoms with Gasteiger partial charge in [-0.15, -0.1) is 5.10 Å². The fourth-order valence-electron chi connectivity index (χ4n) is 1.22. The SMILES string of the molecule is OCCN(CC(F)(F)F)c1ccc(CO)nn1. The van der Waals surface area contributed by atoms with Gasteiger partial charge in [0, 0.05) is 6.54 Å². The molecule has 0 radical (unpaired) electrons. The molecule has 0 aliphatic heterocycles. The number of anilines is 1. The summed E-state index contributed by atoms with van der Waals surface area (Å²) in [7, 11) is 0. The smallest absolute Gasteiger partial charge is 0.395 e. The van der Waals surface area contributed by atoms with E-state index < -0.39 is 19.3 Å². The second-order valence-corrected chi connectivity index (χ2v) is 3.30. The topological polar surface area (TPSA) is 69.5 Å². The van der Waals surface area contributed by atoms with Crippen molar-refractivity contribution in [3.63, 3.8) is 0 Å². The minimum absolute atomic E-state index is 0.00794. The van der Waals surface area contributed by atoms with Crippen molar-refractivity contribution in [3.8, 4) is 0 Å². The van der Waals surface area contributed by atoms with Gasteiger partial charge in [-0.1, -0.05) is 0 Å². The van der Waals surface area contributed by atoms with Gasteiger partial charge in [-0.3, -0.25) is 0 Å². The Bertz CT molecular complexity index is 342. The lowest BCUT2D eigenvalue weighted by atomic mass is 10.3. The van der Waals surface area contributed by atoms with Crippen LogP contribution in [0.3, 0.4) is 0 Å². The lowest BCUT2D eigenvalue weighted by molar-refractivity contribution is -0.120. The zero-order chi connectivity index (χ0) is 12.9. The van der Waals surface area contributed by atoms with Crippen LogP contribution in [0.5, 0.6) is 0 Å². The summed E-state index contributed by atoms with van der Waals surface area (Å²) in [6.45, 7) is -2.14. The van der Waals surface area contributed by atoms with Gasteiger partial charge in [-0.25, -0.2) is 0 Å². The number of hydrogen-bond donors (Lipinski definition) is 2. The molecule has 0 unspecified atom stereocenters. The van der Waals surface area contributed by atoms with E-state index in [9.17, 15) is 13.2 Å². The molecule has 8 heteroatoms. The number of hydrogen-bond acceptors (Lipinski definition) is 5. The molecular formula is C9H12F3N3O2. The van der Waals surface area contributed by atoms with E-state index in [1.165, 1.54) is 12.1 Å². The van der Waals surface area contributed by atoms with E-state index in [1.54, 1.807) is 0 Å².